The Labute approximate surface area is 67.2 Å². The predicted molar refractivity (Wildman–Crippen MR) is 35.6 cm³/mol. The van der Waals surface area contributed by atoms with Gasteiger partial charge in [0.1, 0.15) is 17.5 Å². The van der Waals surface area contributed by atoms with Crippen molar-refractivity contribution in [3.8, 4) is 11.8 Å². The molecule has 1 aromatic rings. The number of nitriles is 1. The van der Waals surface area contributed by atoms with Crippen molar-refractivity contribution in [3.63, 3.8) is 0 Å². The van der Waals surface area contributed by atoms with Crippen LogP contribution in [0, 0.1) is 11.3 Å². The summed E-state index contributed by atoms with van der Waals surface area (Å²) < 4.78 is 27.2. The first-order valence-corrected chi connectivity index (χ1v) is 3.03. The Kier molecular flexibility index (Phi) is 2.53. The van der Waals surface area contributed by atoms with Crippen LogP contribution in [0.4, 0.5) is 8.78 Å². The minimum atomic E-state index is -2.86. The summed E-state index contributed by atoms with van der Waals surface area (Å²) in [4.78, 5) is 3.53. The van der Waals surface area contributed by atoms with Crippen molar-refractivity contribution < 1.29 is 13.5 Å². The predicted octanol–water partition coefficient (Wildman–Crippen LogP) is 1.55. The van der Waals surface area contributed by atoms with E-state index in [1.807, 2.05) is 0 Å². The molecule has 1 aromatic heterocycles. The average Bonchev–Trinajstić information content (AvgIpc) is 2.05. The second-order valence-corrected chi connectivity index (χ2v) is 1.87. The Bertz CT molecular complexity index is 291. The number of rotatable bonds is 2. The summed E-state index contributed by atoms with van der Waals surface area (Å²) in [5.41, 5.74) is 0.164. The number of halogens is 2. The third-order valence-corrected chi connectivity index (χ3v) is 1.08. The summed E-state index contributed by atoms with van der Waals surface area (Å²) >= 11 is 0. The van der Waals surface area contributed by atoms with Gasteiger partial charge in [-0.1, -0.05) is 0 Å². The van der Waals surface area contributed by atoms with Gasteiger partial charge in [0.05, 0.1) is 6.20 Å². The first-order valence-electron chi connectivity index (χ1n) is 3.03. The molecule has 0 atom stereocenters. The molecular weight excluding hydrogens is 166 g/mol. The molecule has 1 rings (SSSR count). The molecule has 0 radical (unpaired) electrons. The number of alkyl halides is 2. The highest BCUT2D eigenvalue weighted by Gasteiger charge is 2.03. The molecule has 0 saturated carbocycles. The number of hydrogen-bond acceptors (Lipinski definition) is 3. The molecule has 62 valence electrons. The molecular formula is C7H4F2N2O. The van der Waals surface area contributed by atoms with Crippen LogP contribution in [0.2, 0.25) is 0 Å². The number of hydrogen-bond donors (Lipinski definition) is 0. The van der Waals surface area contributed by atoms with Gasteiger partial charge in [-0.3, -0.25) is 0 Å². The zero-order valence-corrected chi connectivity index (χ0v) is 5.87. The molecule has 0 aliphatic rings. The van der Waals surface area contributed by atoms with Crippen LogP contribution >= 0.6 is 0 Å². The fourth-order valence-corrected chi connectivity index (χ4v) is 0.619. The molecule has 0 N–H and O–H groups in total. The normalized spacial score (nSPS) is 9.50. The van der Waals surface area contributed by atoms with Crippen LogP contribution < -0.4 is 4.74 Å². The second-order valence-electron chi connectivity index (χ2n) is 1.87. The third kappa shape index (κ3) is 2.16. The maximum atomic E-state index is 11.6. The average molecular weight is 170 g/mol. The quantitative estimate of drug-likeness (QED) is 0.676. The van der Waals surface area contributed by atoms with Crippen molar-refractivity contribution >= 4 is 0 Å². The zero-order chi connectivity index (χ0) is 8.97. The van der Waals surface area contributed by atoms with Crippen LogP contribution in [-0.2, 0) is 0 Å². The Hall–Kier alpha value is -1.70. The summed E-state index contributed by atoms with van der Waals surface area (Å²) in [6.07, 6.45) is 1.07. The van der Waals surface area contributed by atoms with Crippen molar-refractivity contribution in [1.82, 2.24) is 4.98 Å². The molecule has 0 spiro atoms. The largest absolute Gasteiger partial charge is 0.433 e. The highest BCUT2D eigenvalue weighted by atomic mass is 19.3. The molecule has 0 saturated heterocycles. The number of nitrogens with zero attached hydrogens (tertiary/aromatic N) is 2. The minimum Gasteiger partial charge on any atom is -0.433 e. The first-order chi connectivity index (χ1) is 5.72. The molecule has 3 nitrogen and oxygen atoms in total. The van der Waals surface area contributed by atoms with Crippen LogP contribution in [0.1, 0.15) is 5.69 Å². The second kappa shape index (κ2) is 3.62. The van der Waals surface area contributed by atoms with Gasteiger partial charge in [0.25, 0.3) is 0 Å². The van der Waals surface area contributed by atoms with Gasteiger partial charge in [0.15, 0.2) is 0 Å². The smallest absolute Gasteiger partial charge is 0.387 e. The van der Waals surface area contributed by atoms with E-state index in [0.29, 0.717) is 0 Å². The topological polar surface area (TPSA) is 45.9 Å². The number of pyridine rings is 1. The van der Waals surface area contributed by atoms with Crippen molar-refractivity contribution in [1.29, 1.82) is 5.26 Å². The highest BCUT2D eigenvalue weighted by Crippen LogP contribution is 2.11. The molecule has 1 heterocycles. The van der Waals surface area contributed by atoms with E-state index in [4.69, 9.17) is 5.26 Å². The highest BCUT2D eigenvalue weighted by molar-refractivity contribution is 5.26. The van der Waals surface area contributed by atoms with E-state index in [1.54, 1.807) is 6.07 Å². The van der Waals surface area contributed by atoms with Crippen LogP contribution in [0.25, 0.3) is 0 Å². The summed E-state index contributed by atoms with van der Waals surface area (Å²) in [5.74, 6) is -0.0519. The van der Waals surface area contributed by atoms with E-state index in [9.17, 15) is 8.78 Å². The molecule has 0 bridgehead atoms. The third-order valence-electron chi connectivity index (χ3n) is 1.08. The molecule has 0 unspecified atom stereocenters. The molecule has 0 aromatic carbocycles. The van der Waals surface area contributed by atoms with Gasteiger partial charge in [0, 0.05) is 0 Å². The van der Waals surface area contributed by atoms with Crippen molar-refractivity contribution in [2.75, 3.05) is 0 Å². The molecule has 0 fully saturated rings. The minimum absolute atomic E-state index is 0.0519. The van der Waals surface area contributed by atoms with E-state index in [1.165, 1.54) is 12.1 Å². The lowest BCUT2D eigenvalue weighted by molar-refractivity contribution is -0.0500. The van der Waals surface area contributed by atoms with Crippen molar-refractivity contribution in [3.05, 3.63) is 24.0 Å². The fourth-order valence-electron chi connectivity index (χ4n) is 0.619. The van der Waals surface area contributed by atoms with E-state index in [-0.39, 0.29) is 11.4 Å². The lowest BCUT2D eigenvalue weighted by atomic mass is 10.4. The number of aromatic nitrogens is 1. The maximum absolute atomic E-state index is 11.6. The summed E-state index contributed by atoms with van der Waals surface area (Å²) in [6, 6.07) is 4.32. The van der Waals surface area contributed by atoms with Gasteiger partial charge in [0.2, 0.25) is 0 Å². The fraction of sp³-hybridized carbons (Fsp3) is 0.143. The van der Waals surface area contributed by atoms with E-state index >= 15 is 0 Å². The lowest BCUT2D eigenvalue weighted by Gasteiger charge is -2.01. The van der Waals surface area contributed by atoms with E-state index in [0.717, 1.165) is 6.20 Å². The van der Waals surface area contributed by atoms with Gasteiger partial charge < -0.3 is 4.74 Å². The molecule has 12 heavy (non-hydrogen) atoms. The van der Waals surface area contributed by atoms with Crippen LogP contribution in [-0.4, -0.2) is 11.6 Å². The van der Waals surface area contributed by atoms with E-state index < -0.39 is 6.61 Å². The van der Waals surface area contributed by atoms with Crippen LogP contribution in [0.5, 0.6) is 5.75 Å². The SMILES string of the molecule is N#Cc1ccc(OC(F)F)cn1. The molecule has 0 amide bonds. The summed E-state index contributed by atoms with van der Waals surface area (Å²) in [5, 5.41) is 8.31. The summed E-state index contributed by atoms with van der Waals surface area (Å²) in [7, 11) is 0. The Morgan fingerprint density at radius 1 is 1.50 bits per heavy atom. The zero-order valence-electron chi connectivity index (χ0n) is 5.87. The molecule has 5 heteroatoms. The van der Waals surface area contributed by atoms with Crippen molar-refractivity contribution in [2.45, 2.75) is 6.61 Å². The van der Waals surface area contributed by atoms with Gasteiger partial charge in [-0.15, -0.1) is 0 Å². The lowest BCUT2D eigenvalue weighted by Crippen LogP contribution is -2.02. The van der Waals surface area contributed by atoms with Gasteiger partial charge in [-0.25, -0.2) is 4.98 Å². The monoisotopic (exact) mass is 170 g/mol. The molecule has 0 aliphatic carbocycles. The van der Waals surface area contributed by atoms with Crippen LogP contribution in [0.15, 0.2) is 18.3 Å². The van der Waals surface area contributed by atoms with Gasteiger partial charge in [-0.2, -0.15) is 14.0 Å². The Morgan fingerprint density at radius 2 is 2.25 bits per heavy atom. The standard InChI is InChI=1S/C7H4F2N2O/c8-7(9)12-6-2-1-5(3-10)11-4-6/h1-2,4,7H. The van der Waals surface area contributed by atoms with Gasteiger partial charge >= 0.3 is 6.61 Å². The number of ether oxygens (including phenoxy) is 1. The van der Waals surface area contributed by atoms with Gasteiger partial charge in [-0.05, 0) is 12.1 Å². The van der Waals surface area contributed by atoms with Crippen molar-refractivity contribution in [2.24, 2.45) is 0 Å². The van der Waals surface area contributed by atoms with Crippen LogP contribution in [0.3, 0.4) is 0 Å². The maximum Gasteiger partial charge on any atom is 0.387 e. The molecule has 0 aliphatic heterocycles. The van der Waals surface area contributed by atoms with E-state index in [2.05, 4.69) is 9.72 Å². The first kappa shape index (κ1) is 8.40. The Balaban J connectivity index is 2.73. The Morgan fingerprint density at radius 3 is 2.67 bits per heavy atom. The summed E-state index contributed by atoms with van der Waals surface area (Å²) in [6.45, 7) is -2.86.